The minimum atomic E-state index is -0.150. The van der Waals surface area contributed by atoms with Crippen LogP contribution in [-0.2, 0) is 4.79 Å². The van der Waals surface area contributed by atoms with E-state index >= 15 is 0 Å². The lowest BCUT2D eigenvalue weighted by Gasteiger charge is -2.39. The Morgan fingerprint density at radius 1 is 1.46 bits per heavy atom. The molecule has 0 aromatic carbocycles. The highest BCUT2D eigenvalue weighted by Gasteiger charge is 2.34. The first-order valence-electron chi connectivity index (χ1n) is 9.20. The molecule has 0 bridgehead atoms. The van der Waals surface area contributed by atoms with Crippen molar-refractivity contribution in [3.63, 3.8) is 0 Å². The number of carbonyl (C=O) groups excluding carboxylic acids is 1. The van der Waals surface area contributed by atoms with Gasteiger partial charge in [-0.05, 0) is 30.6 Å². The van der Waals surface area contributed by atoms with Gasteiger partial charge in [-0.2, -0.15) is 5.10 Å². The van der Waals surface area contributed by atoms with E-state index in [1.54, 1.807) is 4.57 Å². The van der Waals surface area contributed by atoms with Crippen LogP contribution < -0.4 is 10.9 Å². The summed E-state index contributed by atoms with van der Waals surface area (Å²) in [5, 5.41) is 11.0. The van der Waals surface area contributed by atoms with Crippen LogP contribution in [0.2, 0.25) is 0 Å². The van der Waals surface area contributed by atoms with Crippen LogP contribution in [0.15, 0.2) is 16.1 Å². The van der Waals surface area contributed by atoms with Gasteiger partial charge in [0.05, 0.1) is 12.2 Å². The molecule has 0 saturated heterocycles. The van der Waals surface area contributed by atoms with Gasteiger partial charge in [-0.15, -0.1) is 0 Å². The van der Waals surface area contributed by atoms with E-state index in [1.807, 2.05) is 0 Å². The Morgan fingerprint density at radius 3 is 3.04 bits per heavy atom. The predicted molar refractivity (Wildman–Crippen MR) is 101 cm³/mol. The average molecular weight is 375 g/mol. The van der Waals surface area contributed by atoms with E-state index in [2.05, 4.69) is 41.3 Å². The fraction of sp³-hybridized carbons (Fsp3) is 0.667. The molecule has 140 valence electrons. The third kappa shape index (κ3) is 3.26. The van der Waals surface area contributed by atoms with Gasteiger partial charge in [-0.25, -0.2) is 4.98 Å². The summed E-state index contributed by atoms with van der Waals surface area (Å²) in [5.74, 6) is 1.34. The Bertz CT molecular complexity index is 903. The third-order valence-electron chi connectivity index (χ3n) is 5.42. The Kier molecular flexibility index (Phi) is 4.33. The number of rotatable bonds is 3. The molecule has 2 aromatic heterocycles. The standard InChI is InChI=1S/C18H25N5O2S/c1-10-4-11(7-18(2,3)6-10)20-14(24)5-12-9-26-17-21-15-13(8-19-22-15)16(25)23(12)17/h8,10-12H,4-7,9H2,1-3H3,(H,19,22)(H,20,24). The summed E-state index contributed by atoms with van der Waals surface area (Å²) in [7, 11) is 0. The van der Waals surface area contributed by atoms with Crippen LogP contribution >= 0.6 is 11.8 Å². The largest absolute Gasteiger partial charge is 0.353 e. The summed E-state index contributed by atoms with van der Waals surface area (Å²) >= 11 is 1.52. The van der Waals surface area contributed by atoms with E-state index in [4.69, 9.17) is 0 Å². The fourth-order valence-corrected chi connectivity index (χ4v) is 5.80. The number of fused-ring (bicyclic) bond motifs is 2. The van der Waals surface area contributed by atoms with E-state index < -0.39 is 0 Å². The van der Waals surface area contributed by atoms with Crippen molar-refractivity contribution >= 4 is 28.7 Å². The van der Waals surface area contributed by atoms with E-state index in [-0.39, 0.29) is 29.0 Å². The number of aromatic nitrogens is 4. The number of hydrogen-bond donors (Lipinski definition) is 2. The monoisotopic (exact) mass is 375 g/mol. The van der Waals surface area contributed by atoms with Crippen molar-refractivity contribution in [3.05, 3.63) is 16.6 Å². The smallest absolute Gasteiger partial charge is 0.265 e. The number of aromatic amines is 1. The molecule has 1 aliphatic carbocycles. The minimum absolute atomic E-state index is 0.0255. The molecule has 3 heterocycles. The van der Waals surface area contributed by atoms with E-state index in [1.165, 1.54) is 24.4 Å². The zero-order chi connectivity index (χ0) is 18.5. The van der Waals surface area contributed by atoms with E-state index in [9.17, 15) is 9.59 Å². The molecule has 1 fully saturated rings. The molecule has 1 saturated carbocycles. The van der Waals surface area contributed by atoms with Crippen molar-refractivity contribution in [1.82, 2.24) is 25.1 Å². The quantitative estimate of drug-likeness (QED) is 0.804. The lowest BCUT2D eigenvalue weighted by Crippen LogP contribution is -2.43. The normalized spacial score (nSPS) is 27.4. The molecule has 2 aliphatic rings. The molecular weight excluding hydrogens is 350 g/mol. The predicted octanol–water partition coefficient (Wildman–Crippen LogP) is 2.49. The summed E-state index contributed by atoms with van der Waals surface area (Å²) in [6, 6.07) is 0.0734. The molecule has 1 aliphatic heterocycles. The summed E-state index contributed by atoms with van der Waals surface area (Å²) in [6.45, 7) is 6.80. The van der Waals surface area contributed by atoms with Crippen LogP contribution in [-0.4, -0.2) is 37.5 Å². The fourth-order valence-electron chi connectivity index (χ4n) is 4.66. The SMILES string of the molecule is CC1CC(NC(=O)CC2CSc3nc4[nH]ncc4c(=O)n32)CC(C)(C)C1. The van der Waals surface area contributed by atoms with Gasteiger partial charge >= 0.3 is 0 Å². The number of nitrogens with one attached hydrogen (secondary N) is 2. The number of hydrogen-bond acceptors (Lipinski definition) is 5. The average Bonchev–Trinajstić information content (AvgIpc) is 3.12. The Labute approximate surface area is 156 Å². The lowest BCUT2D eigenvalue weighted by molar-refractivity contribution is -0.123. The van der Waals surface area contributed by atoms with E-state index in [0.29, 0.717) is 34.3 Å². The lowest BCUT2D eigenvalue weighted by atomic mass is 9.70. The molecule has 4 rings (SSSR count). The van der Waals surface area contributed by atoms with Gasteiger partial charge < -0.3 is 5.32 Å². The minimum Gasteiger partial charge on any atom is -0.353 e. The highest BCUT2D eigenvalue weighted by atomic mass is 32.2. The van der Waals surface area contributed by atoms with Crippen LogP contribution in [0.4, 0.5) is 0 Å². The van der Waals surface area contributed by atoms with Crippen molar-refractivity contribution in [2.45, 2.75) is 63.7 Å². The first kappa shape index (κ1) is 17.6. The van der Waals surface area contributed by atoms with Crippen LogP contribution in [0.5, 0.6) is 0 Å². The van der Waals surface area contributed by atoms with E-state index in [0.717, 1.165) is 12.8 Å². The second kappa shape index (κ2) is 6.40. The number of nitrogens with zero attached hydrogens (tertiary/aromatic N) is 3. The molecule has 0 radical (unpaired) electrons. The third-order valence-corrected chi connectivity index (χ3v) is 6.52. The first-order chi connectivity index (χ1) is 12.3. The zero-order valence-corrected chi connectivity index (χ0v) is 16.2. The van der Waals surface area contributed by atoms with Crippen LogP contribution in [0.3, 0.4) is 0 Å². The summed E-state index contributed by atoms with van der Waals surface area (Å²) in [6.07, 6.45) is 5.06. The molecule has 2 aromatic rings. The van der Waals surface area contributed by atoms with Gasteiger partial charge in [-0.3, -0.25) is 19.3 Å². The zero-order valence-electron chi connectivity index (χ0n) is 15.4. The van der Waals surface area contributed by atoms with Crippen molar-refractivity contribution < 1.29 is 4.79 Å². The Hall–Kier alpha value is -1.83. The van der Waals surface area contributed by atoms with Crippen molar-refractivity contribution in [2.24, 2.45) is 11.3 Å². The number of amides is 1. The van der Waals surface area contributed by atoms with Gasteiger partial charge in [0, 0.05) is 18.2 Å². The maximum atomic E-state index is 12.7. The molecule has 2 N–H and O–H groups in total. The van der Waals surface area contributed by atoms with Gasteiger partial charge in [0.25, 0.3) is 5.56 Å². The van der Waals surface area contributed by atoms with Crippen LogP contribution in [0.1, 0.15) is 52.5 Å². The van der Waals surface area contributed by atoms with Gasteiger partial charge in [0.1, 0.15) is 5.39 Å². The van der Waals surface area contributed by atoms with Crippen molar-refractivity contribution in [3.8, 4) is 0 Å². The van der Waals surface area contributed by atoms with Crippen molar-refractivity contribution in [1.29, 1.82) is 0 Å². The number of carbonyl (C=O) groups is 1. The van der Waals surface area contributed by atoms with Gasteiger partial charge in [0.2, 0.25) is 5.91 Å². The highest BCUT2D eigenvalue weighted by Crippen LogP contribution is 2.39. The highest BCUT2D eigenvalue weighted by molar-refractivity contribution is 7.99. The maximum absolute atomic E-state index is 12.7. The number of H-pyrrole nitrogens is 1. The Balaban J connectivity index is 1.48. The Morgan fingerprint density at radius 2 is 2.27 bits per heavy atom. The van der Waals surface area contributed by atoms with Gasteiger partial charge in [-0.1, -0.05) is 32.5 Å². The maximum Gasteiger partial charge on any atom is 0.265 e. The molecular formula is C18H25N5O2S. The molecule has 8 heteroatoms. The van der Waals surface area contributed by atoms with Crippen LogP contribution in [0.25, 0.3) is 11.0 Å². The topological polar surface area (TPSA) is 92.7 Å². The first-order valence-corrected chi connectivity index (χ1v) is 10.2. The molecule has 1 amide bonds. The molecule has 3 unspecified atom stereocenters. The number of thioether (sulfide) groups is 1. The summed E-state index contributed by atoms with van der Waals surface area (Å²) in [4.78, 5) is 29.8. The van der Waals surface area contributed by atoms with Crippen molar-refractivity contribution in [2.75, 3.05) is 5.75 Å². The summed E-state index contributed by atoms with van der Waals surface area (Å²) < 4.78 is 1.66. The second-order valence-corrected chi connectivity index (χ2v) is 9.54. The van der Waals surface area contributed by atoms with Gasteiger partial charge in [0.15, 0.2) is 10.8 Å². The molecule has 7 nitrogen and oxygen atoms in total. The molecule has 0 spiro atoms. The molecule has 26 heavy (non-hydrogen) atoms. The molecule has 3 atom stereocenters. The second-order valence-electron chi connectivity index (χ2n) is 8.55. The summed E-state index contributed by atoms with van der Waals surface area (Å²) in [5.41, 5.74) is 0.658. The van der Waals surface area contributed by atoms with Crippen LogP contribution in [0, 0.1) is 11.3 Å².